The van der Waals surface area contributed by atoms with Crippen molar-refractivity contribution in [1.82, 2.24) is 10.4 Å². The van der Waals surface area contributed by atoms with E-state index in [0.29, 0.717) is 27.9 Å². The maximum atomic E-state index is 13.1. The highest BCUT2D eigenvalue weighted by Crippen LogP contribution is 2.28. The molecular weight excluding hydrogens is 480 g/mol. The summed E-state index contributed by atoms with van der Waals surface area (Å²) in [4.78, 5) is 19.9. The summed E-state index contributed by atoms with van der Waals surface area (Å²) in [5.74, 6) is 0.328. The summed E-state index contributed by atoms with van der Waals surface area (Å²) in [5.41, 5.74) is 7.41. The number of rotatable bonds is 6. The van der Waals surface area contributed by atoms with E-state index in [1.807, 2.05) is 85.7 Å². The van der Waals surface area contributed by atoms with Crippen LogP contribution in [0.2, 0.25) is 0 Å². The Bertz CT molecular complexity index is 1320. The lowest BCUT2D eigenvalue weighted by atomic mass is 10.0. The van der Waals surface area contributed by atoms with E-state index in [4.69, 9.17) is 9.72 Å². The van der Waals surface area contributed by atoms with Gasteiger partial charge in [0.1, 0.15) is 5.75 Å². The normalized spacial score (nSPS) is 11.0. The van der Waals surface area contributed by atoms with Crippen molar-refractivity contribution in [3.05, 3.63) is 88.4 Å². The first kappa shape index (κ1) is 22.5. The predicted molar refractivity (Wildman–Crippen MR) is 137 cm³/mol. The number of hydrogen-bond donors (Lipinski definition) is 1. The number of hydrazone groups is 1. The average Bonchev–Trinajstić information content (AvgIpc) is 2.83. The highest BCUT2D eigenvalue weighted by atomic mass is 79.9. The number of hydrogen-bond acceptors (Lipinski definition) is 5. The number of carbonyl (C=O) groups is 1. The number of benzene rings is 3. The van der Waals surface area contributed by atoms with E-state index in [-0.39, 0.29) is 5.91 Å². The number of nitrogens with one attached hydrogen (secondary N) is 1. The van der Waals surface area contributed by atoms with E-state index in [0.717, 1.165) is 21.3 Å². The second-order valence-corrected chi connectivity index (χ2v) is 8.55. The summed E-state index contributed by atoms with van der Waals surface area (Å²) in [5, 5.41) is 4.85. The van der Waals surface area contributed by atoms with Crippen molar-refractivity contribution in [3.8, 4) is 17.0 Å². The van der Waals surface area contributed by atoms with Crippen LogP contribution < -0.4 is 15.1 Å². The van der Waals surface area contributed by atoms with Crippen LogP contribution in [0.5, 0.6) is 5.75 Å². The Labute approximate surface area is 201 Å². The Balaban J connectivity index is 1.66. The van der Waals surface area contributed by atoms with Crippen molar-refractivity contribution in [2.24, 2.45) is 5.10 Å². The van der Waals surface area contributed by atoms with Gasteiger partial charge in [0.25, 0.3) is 5.91 Å². The minimum Gasteiger partial charge on any atom is -0.497 e. The molecular formula is C26H23BrN4O2. The zero-order chi connectivity index (χ0) is 23.4. The zero-order valence-electron chi connectivity index (χ0n) is 18.5. The molecule has 1 N–H and O–H groups in total. The lowest BCUT2D eigenvalue weighted by Gasteiger charge is -2.11. The molecule has 0 aliphatic heterocycles. The Hall–Kier alpha value is -3.71. The minimum atomic E-state index is -0.324. The van der Waals surface area contributed by atoms with Crippen molar-refractivity contribution in [3.63, 3.8) is 0 Å². The molecule has 6 nitrogen and oxygen atoms in total. The van der Waals surface area contributed by atoms with Crippen LogP contribution in [0.25, 0.3) is 22.2 Å². The molecule has 0 saturated carbocycles. The fourth-order valence-corrected chi connectivity index (χ4v) is 3.64. The molecule has 1 heterocycles. The summed E-state index contributed by atoms with van der Waals surface area (Å²) in [6.07, 6.45) is 1.62. The first-order valence-corrected chi connectivity index (χ1v) is 11.1. The van der Waals surface area contributed by atoms with Crippen LogP contribution >= 0.6 is 15.9 Å². The second kappa shape index (κ2) is 9.83. The number of fused-ring (bicyclic) bond motifs is 1. The van der Waals surface area contributed by atoms with Gasteiger partial charge in [-0.2, -0.15) is 5.10 Å². The molecule has 0 aliphatic rings. The number of anilines is 1. The molecule has 0 aliphatic carbocycles. The minimum absolute atomic E-state index is 0.324. The summed E-state index contributed by atoms with van der Waals surface area (Å²) < 4.78 is 6.33. The van der Waals surface area contributed by atoms with Gasteiger partial charge < -0.3 is 9.64 Å². The van der Waals surface area contributed by atoms with Crippen LogP contribution in [0, 0.1) is 0 Å². The fraction of sp³-hybridized carbons (Fsp3) is 0.115. The van der Waals surface area contributed by atoms with Gasteiger partial charge in [-0.25, -0.2) is 10.4 Å². The third-order valence-electron chi connectivity index (χ3n) is 5.19. The van der Waals surface area contributed by atoms with Gasteiger partial charge in [-0.05, 0) is 54.1 Å². The van der Waals surface area contributed by atoms with Gasteiger partial charge in [0, 0.05) is 35.2 Å². The molecule has 0 atom stereocenters. The van der Waals surface area contributed by atoms with Crippen molar-refractivity contribution >= 4 is 44.6 Å². The summed E-state index contributed by atoms with van der Waals surface area (Å²) in [6, 6.07) is 23.0. The molecule has 1 aromatic heterocycles. The van der Waals surface area contributed by atoms with E-state index in [1.54, 1.807) is 19.4 Å². The Morgan fingerprint density at radius 3 is 2.42 bits per heavy atom. The molecule has 0 spiro atoms. The van der Waals surface area contributed by atoms with Gasteiger partial charge in [0.05, 0.1) is 30.1 Å². The van der Waals surface area contributed by atoms with Crippen LogP contribution in [0.1, 0.15) is 15.9 Å². The molecule has 3 aromatic carbocycles. The van der Waals surface area contributed by atoms with Crippen molar-refractivity contribution in [2.45, 2.75) is 0 Å². The number of nitrogens with zero attached hydrogens (tertiary/aromatic N) is 3. The van der Waals surface area contributed by atoms with Crippen LogP contribution in [0.4, 0.5) is 5.69 Å². The quantitative estimate of drug-likeness (QED) is 0.279. The van der Waals surface area contributed by atoms with Crippen LogP contribution in [0.15, 0.2) is 82.4 Å². The van der Waals surface area contributed by atoms with Gasteiger partial charge >= 0.3 is 0 Å². The molecule has 33 heavy (non-hydrogen) atoms. The van der Waals surface area contributed by atoms with Crippen molar-refractivity contribution in [1.29, 1.82) is 0 Å². The molecule has 166 valence electrons. The van der Waals surface area contributed by atoms with E-state index in [1.165, 1.54) is 0 Å². The third-order valence-corrected chi connectivity index (χ3v) is 5.72. The number of amides is 1. The molecule has 0 radical (unpaired) electrons. The number of methoxy groups -OCH3 is 1. The van der Waals surface area contributed by atoms with E-state index in [2.05, 4.69) is 26.5 Å². The zero-order valence-corrected chi connectivity index (χ0v) is 20.1. The number of halogens is 1. The molecule has 0 unspecified atom stereocenters. The molecule has 1 amide bonds. The molecule has 0 bridgehead atoms. The largest absolute Gasteiger partial charge is 0.497 e. The first-order valence-electron chi connectivity index (χ1n) is 10.3. The predicted octanol–water partition coefficient (Wildman–Crippen LogP) is 5.50. The molecule has 0 fully saturated rings. The number of aromatic nitrogens is 1. The van der Waals surface area contributed by atoms with E-state index >= 15 is 0 Å². The SMILES string of the molecule is COc1ccc2nc(-c3ccc(Br)cc3)cc(C(=O)NN=Cc3ccc(N(C)C)cc3)c2c1. The number of ether oxygens (including phenoxy) is 1. The second-order valence-electron chi connectivity index (χ2n) is 7.63. The van der Waals surface area contributed by atoms with Gasteiger partial charge in [-0.1, -0.05) is 40.2 Å². The number of carbonyl (C=O) groups excluding carboxylic acids is 1. The summed E-state index contributed by atoms with van der Waals surface area (Å²) in [7, 11) is 5.57. The van der Waals surface area contributed by atoms with Crippen LogP contribution in [0.3, 0.4) is 0 Å². The maximum absolute atomic E-state index is 13.1. The smallest absolute Gasteiger partial charge is 0.272 e. The number of pyridine rings is 1. The Morgan fingerprint density at radius 2 is 1.76 bits per heavy atom. The molecule has 4 rings (SSSR count). The highest BCUT2D eigenvalue weighted by Gasteiger charge is 2.15. The van der Waals surface area contributed by atoms with Gasteiger partial charge in [0.15, 0.2) is 0 Å². The van der Waals surface area contributed by atoms with Gasteiger partial charge in [-0.15, -0.1) is 0 Å². The molecule has 7 heteroatoms. The Kier molecular flexibility index (Phi) is 6.70. The van der Waals surface area contributed by atoms with Gasteiger partial charge in [-0.3, -0.25) is 4.79 Å². The fourth-order valence-electron chi connectivity index (χ4n) is 3.37. The topological polar surface area (TPSA) is 66.8 Å². The monoisotopic (exact) mass is 502 g/mol. The van der Waals surface area contributed by atoms with Crippen molar-refractivity contribution < 1.29 is 9.53 Å². The van der Waals surface area contributed by atoms with Gasteiger partial charge in [0.2, 0.25) is 0 Å². The van der Waals surface area contributed by atoms with Crippen LogP contribution in [-0.4, -0.2) is 38.3 Å². The van der Waals surface area contributed by atoms with Crippen molar-refractivity contribution in [2.75, 3.05) is 26.1 Å². The average molecular weight is 503 g/mol. The first-order chi connectivity index (χ1) is 15.9. The third kappa shape index (κ3) is 5.21. The molecule has 0 saturated heterocycles. The lowest BCUT2D eigenvalue weighted by Crippen LogP contribution is -2.18. The van der Waals surface area contributed by atoms with Crippen LogP contribution in [-0.2, 0) is 0 Å². The lowest BCUT2D eigenvalue weighted by molar-refractivity contribution is 0.0956. The standard InChI is InChI=1S/C26H23BrN4O2/c1-31(2)20-10-4-17(5-11-20)16-28-30-26(32)23-15-25(18-6-8-19(27)9-7-18)29-24-13-12-21(33-3)14-22(23)24/h4-16H,1-3H3,(H,30,32). The molecule has 4 aromatic rings. The maximum Gasteiger partial charge on any atom is 0.272 e. The van der Waals surface area contributed by atoms with E-state index in [9.17, 15) is 4.79 Å². The highest BCUT2D eigenvalue weighted by molar-refractivity contribution is 9.10. The Morgan fingerprint density at radius 1 is 1.03 bits per heavy atom. The van der Waals surface area contributed by atoms with E-state index < -0.39 is 0 Å². The summed E-state index contributed by atoms with van der Waals surface area (Å²) >= 11 is 3.45. The summed E-state index contributed by atoms with van der Waals surface area (Å²) in [6.45, 7) is 0.